The zero-order valence-electron chi connectivity index (χ0n) is 11.6. The molecule has 104 valence electrons. The summed E-state index contributed by atoms with van der Waals surface area (Å²) in [6.45, 7) is 7.22. The van der Waals surface area contributed by atoms with Gasteiger partial charge in [0.15, 0.2) is 0 Å². The van der Waals surface area contributed by atoms with Crippen LogP contribution in [0.4, 0.5) is 5.82 Å². The molecule has 0 aliphatic heterocycles. The van der Waals surface area contributed by atoms with Crippen LogP contribution in [0.1, 0.15) is 32.9 Å². The maximum absolute atomic E-state index is 5.72. The number of ether oxygens (including phenoxy) is 1. The molecule has 0 bridgehead atoms. The monoisotopic (exact) mass is 279 g/mol. The zero-order valence-corrected chi connectivity index (χ0v) is 12.5. The van der Waals surface area contributed by atoms with Gasteiger partial charge in [0.05, 0.1) is 11.8 Å². The maximum Gasteiger partial charge on any atom is 0.126 e. The summed E-state index contributed by atoms with van der Waals surface area (Å²) in [5, 5.41) is 3.45. The van der Waals surface area contributed by atoms with E-state index >= 15 is 0 Å². The molecule has 1 aromatic rings. The number of nitrogens with two attached hydrogens (primary N) is 1. The summed E-state index contributed by atoms with van der Waals surface area (Å²) in [4.78, 5) is 4.74. The number of hydrogen-bond acceptors (Lipinski definition) is 4. The van der Waals surface area contributed by atoms with Crippen LogP contribution in [0.5, 0.6) is 0 Å². The lowest BCUT2D eigenvalue weighted by atomic mass is 9.64. The summed E-state index contributed by atoms with van der Waals surface area (Å²) < 4.78 is 5.72. The number of pyridine rings is 1. The molecule has 2 unspecified atom stereocenters. The van der Waals surface area contributed by atoms with Crippen LogP contribution in [-0.2, 0) is 4.74 Å². The minimum Gasteiger partial charge on any atom is -0.388 e. The van der Waals surface area contributed by atoms with Gasteiger partial charge < -0.3 is 15.8 Å². The van der Waals surface area contributed by atoms with Crippen molar-refractivity contribution in [3.63, 3.8) is 0 Å². The molecule has 0 amide bonds. The van der Waals surface area contributed by atoms with Gasteiger partial charge in [-0.3, -0.25) is 0 Å². The van der Waals surface area contributed by atoms with Crippen molar-refractivity contribution in [2.24, 2.45) is 11.1 Å². The van der Waals surface area contributed by atoms with Gasteiger partial charge in [0.2, 0.25) is 0 Å². The number of nitrogens with zero attached hydrogens (tertiary/aromatic N) is 1. The van der Waals surface area contributed by atoms with Gasteiger partial charge in [0.25, 0.3) is 0 Å². The van der Waals surface area contributed by atoms with Crippen LogP contribution < -0.4 is 11.1 Å². The SMILES string of the molecule is CCOC1CC(Nc2cccc(C(N)=S)n2)C1(C)C. The Morgan fingerprint density at radius 2 is 2.32 bits per heavy atom. The second-order valence-electron chi connectivity index (χ2n) is 5.47. The molecule has 5 heteroatoms. The van der Waals surface area contributed by atoms with Crippen LogP contribution in [0.2, 0.25) is 0 Å². The predicted octanol–water partition coefficient (Wildman–Crippen LogP) is 2.33. The Morgan fingerprint density at radius 3 is 2.89 bits per heavy atom. The molecule has 0 radical (unpaired) electrons. The van der Waals surface area contributed by atoms with Gasteiger partial charge in [-0.05, 0) is 25.5 Å². The van der Waals surface area contributed by atoms with E-state index < -0.39 is 0 Å². The van der Waals surface area contributed by atoms with Crippen molar-refractivity contribution in [1.29, 1.82) is 0 Å². The van der Waals surface area contributed by atoms with Crippen LogP contribution in [0, 0.1) is 5.41 Å². The molecule has 1 aliphatic rings. The Hall–Kier alpha value is -1.20. The largest absolute Gasteiger partial charge is 0.388 e. The second kappa shape index (κ2) is 5.43. The molecule has 4 nitrogen and oxygen atoms in total. The Kier molecular flexibility index (Phi) is 4.06. The van der Waals surface area contributed by atoms with Crippen molar-refractivity contribution >= 4 is 23.0 Å². The van der Waals surface area contributed by atoms with Crippen molar-refractivity contribution in [2.75, 3.05) is 11.9 Å². The smallest absolute Gasteiger partial charge is 0.126 e. The standard InChI is InChI=1S/C14H21N3OS/c1-4-18-11-8-10(14(11,2)3)17-12-7-5-6-9(16-12)13(15)19/h5-7,10-11H,4,8H2,1-3H3,(H2,15,19)(H,16,17). The first kappa shape index (κ1) is 14.2. The van der Waals surface area contributed by atoms with Gasteiger partial charge in [0, 0.05) is 18.1 Å². The van der Waals surface area contributed by atoms with Crippen molar-refractivity contribution in [2.45, 2.75) is 39.3 Å². The first-order chi connectivity index (χ1) is 8.95. The van der Waals surface area contributed by atoms with Crippen molar-refractivity contribution in [1.82, 2.24) is 4.98 Å². The number of thiocarbonyl (C=S) groups is 1. The molecule has 1 heterocycles. The van der Waals surface area contributed by atoms with E-state index in [1.54, 1.807) is 0 Å². The first-order valence-electron chi connectivity index (χ1n) is 6.60. The van der Waals surface area contributed by atoms with Gasteiger partial charge in [0.1, 0.15) is 10.8 Å². The average Bonchev–Trinajstić information content (AvgIpc) is 2.38. The number of nitrogens with one attached hydrogen (secondary N) is 1. The lowest BCUT2D eigenvalue weighted by molar-refractivity contribution is -0.0976. The molecule has 1 saturated carbocycles. The Morgan fingerprint density at radius 1 is 1.58 bits per heavy atom. The highest BCUT2D eigenvalue weighted by atomic mass is 32.1. The van der Waals surface area contributed by atoms with E-state index in [0.717, 1.165) is 18.8 Å². The summed E-state index contributed by atoms with van der Waals surface area (Å²) >= 11 is 4.94. The van der Waals surface area contributed by atoms with Crippen LogP contribution >= 0.6 is 12.2 Å². The number of anilines is 1. The zero-order chi connectivity index (χ0) is 14.0. The molecule has 1 fully saturated rings. The lowest BCUT2D eigenvalue weighted by Crippen LogP contribution is -2.58. The second-order valence-corrected chi connectivity index (χ2v) is 5.91. The van der Waals surface area contributed by atoms with Crippen LogP contribution in [0.3, 0.4) is 0 Å². The molecular weight excluding hydrogens is 258 g/mol. The fraction of sp³-hybridized carbons (Fsp3) is 0.571. The van der Waals surface area contributed by atoms with E-state index in [1.807, 2.05) is 25.1 Å². The third-order valence-electron chi connectivity index (χ3n) is 3.87. The quantitative estimate of drug-likeness (QED) is 0.810. The highest BCUT2D eigenvalue weighted by Crippen LogP contribution is 2.44. The van der Waals surface area contributed by atoms with Crippen molar-refractivity contribution < 1.29 is 4.74 Å². The predicted molar refractivity (Wildman–Crippen MR) is 81.3 cm³/mol. The Bertz CT molecular complexity index is 476. The molecule has 0 aromatic carbocycles. The Balaban J connectivity index is 2.03. The topological polar surface area (TPSA) is 60.2 Å². The van der Waals surface area contributed by atoms with E-state index in [9.17, 15) is 0 Å². The van der Waals surface area contributed by atoms with Gasteiger partial charge in [-0.25, -0.2) is 4.98 Å². The fourth-order valence-electron chi connectivity index (χ4n) is 2.45. The van der Waals surface area contributed by atoms with Gasteiger partial charge in [-0.15, -0.1) is 0 Å². The number of rotatable bonds is 5. The summed E-state index contributed by atoms with van der Waals surface area (Å²) in [5.41, 5.74) is 6.36. The maximum atomic E-state index is 5.72. The molecule has 1 aliphatic carbocycles. The van der Waals surface area contributed by atoms with Crippen LogP contribution in [-0.4, -0.2) is 28.7 Å². The van der Waals surface area contributed by atoms with Crippen molar-refractivity contribution in [3.05, 3.63) is 23.9 Å². The molecule has 0 spiro atoms. The van der Waals surface area contributed by atoms with E-state index in [4.69, 9.17) is 22.7 Å². The molecule has 19 heavy (non-hydrogen) atoms. The van der Waals surface area contributed by atoms with Crippen LogP contribution in [0.15, 0.2) is 18.2 Å². The summed E-state index contributed by atoms with van der Waals surface area (Å²) in [5.74, 6) is 0.818. The molecule has 2 rings (SSSR count). The Labute approximate surface area is 119 Å². The minimum absolute atomic E-state index is 0.108. The summed E-state index contributed by atoms with van der Waals surface area (Å²) in [6, 6.07) is 6.03. The fourth-order valence-corrected chi connectivity index (χ4v) is 2.56. The third-order valence-corrected chi connectivity index (χ3v) is 4.08. The van der Waals surface area contributed by atoms with E-state index in [0.29, 0.717) is 22.8 Å². The molecule has 3 N–H and O–H groups in total. The molecular formula is C14H21N3OS. The van der Waals surface area contributed by atoms with Crippen LogP contribution in [0.25, 0.3) is 0 Å². The normalized spacial score (nSPS) is 24.6. The first-order valence-corrected chi connectivity index (χ1v) is 7.01. The lowest BCUT2D eigenvalue weighted by Gasteiger charge is -2.51. The van der Waals surface area contributed by atoms with E-state index in [1.165, 1.54) is 0 Å². The van der Waals surface area contributed by atoms with Gasteiger partial charge in [-0.1, -0.05) is 32.1 Å². The summed E-state index contributed by atoms with van der Waals surface area (Å²) in [6.07, 6.45) is 1.31. The number of hydrogen-bond donors (Lipinski definition) is 2. The third kappa shape index (κ3) is 2.87. The molecule has 1 aromatic heterocycles. The van der Waals surface area contributed by atoms with E-state index in [2.05, 4.69) is 24.1 Å². The average molecular weight is 279 g/mol. The van der Waals surface area contributed by atoms with E-state index in [-0.39, 0.29) is 5.41 Å². The molecule has 2 atom stereocenters. The summed E-state index contributed by atoms with van der Waals surface area (Å²) in [7, 11) is 0. The minimum atomic E-state index is 0.108. The molecule has 0 saturated heterocycles. The van der Waals surface area contributed by atoms with Gasteiger partial charge in [-0.2, -0.15) is 0 Å². The number of aromatic nitrogens is 1. The van der Waals surface area contributed by atoms with Crippen molar-refractivity contribution in [3.8, 4) is 0 Å². The highest BCUT2D eigenvalue weighted by molar-refractivity contribution is 7.80. The van der Waals surface area contributed by atoms with Gasteiger partial charge >= 0.3 is 0 Å². The highest BCUT2D eigenvalue weighted by Gasteiger charge is 2.49.